The normalized spacial score (nSPS) is 16.0. The van der Waals surface area contributed by atoms with Crippen molar-refractivity contribution in [3.05, 3.63) is 29.7 Å². The van der Waals surface area contributed by atoms with Crippen LogP contribution in [0.5, 0.6) is 0 Å². The highest BCUT2D eigenvalue weighted by Crippen LogP contribution is 2.27. The molecule has 0 atom stereocenters. The third-order valence-electron chi connectivity index (χ3n) is 3.72. The van der Waals surface area contributed by atoms with Gasteiger partial charge in [-0.15, -0.1) is 0 Å². The molecule has 0 unspecified atom stereocenters. The van der Waals surface area contributed by atoms with Gasteiger partial charge in [0.2, 0.25) is 0 Å². The van der Waals surface area contributed by atoms with Gasteiger partial charge in [0, 0.05) is 37.7 Å². The van der Waals surface area contributed by atoms with Gasteiger partial charge >= 0.3 is 0 Å². The number of nitrogens with zero attached hydrogens (tertiary/aromatic N) is 5. The first-order valence-corrected chi connectivity index (χ1v) is 6.84. The lowest BCUT2D eigenvalue weighted by Crippen LogP contribution is -2.57. The summed E-state index contributed by atoms with van der Waals surface area (Å²) in [6, 6.07) is 2.38. The van der Waals surface area contributed by atoms with Crippen LogP contribution in [0.1, 0.15) is 0 Å². The molecule has 1 aliphatic heterocycles. The summed E-state index contributed by atoms with van der Waals surface area (Å²) in [4.78, 5) is 15.6. The van der Waals surface area contributed by atoms with Crippen LogP contribution < -0.4 is 10.2 Å². The van der Waals surface area contributed by atoms with E-state index in [1.165, 1.54) is 0 Å². The number of imidazole rings is 1. The standard InChI is InChI=1S/C13H13ClN6/c1-15-9-6-19(7-9)13-12-16-2-3-20(12)10-4-8(14)5-17-11(10)18-13/h2-5,9,15H,6-7H2,1H3. The molecule has 0 amide bonds. The first kappa shape index (κ1) is 11.9. The second-order valence-corrected chi connectivity index (χ2v) is 5.38. The number of rotatable bonds is 2. The molecule has 0 aliphatic carbocycles. The van der Waals surface area contributed by atoms with Crippen LogP contribution in [0.2, 0.25) is 5.02 Å². The number of hydrogen-bond donors (Lipinski definition) is 1. The third kappa shape index (κ3) is 1.65. The molecule has 1 aliphatic rings. The lowest BCUT2D eigenvalue weighted by atomic mass is 10.1. The van der Waals surface area contributed by atoms with Crippen LogP contribution >= 0.6 is 11.6 Å². The fourth-order valence-corrected chi connectivity index (χ4v) is 2.70. The largest absolute Gasteiger partial charge is 0.350 e. The van der Waals surface area contributed by atoms with E-state index in [-0.39, 0.29) is 0 Å². The Labute approximate surface area is 120 Å². The Morgan fingerprint density at radius 2 is 2.20 bits per heavy atom. The van der Waals surface area contributed by atoms with Crippen LogP contribution in [-0.4, -0.2) is 45.5 Å². The molecule has 3 aromatic heterocycles. The van der Waals surface area contributed by atoms with E-state index in [0.717, 1.165) is 30.1 Å². The molecule has 0 radical (unpaired) electrons. The summed E-state index contributed by atoms with van der Waals surface area (Å²) in [7, 11) is 1.98. The van der Waals surface area contributed by atoms with Crippen molar-refractivity contribution in [2.75, 3.05) is 25.0 Å². The molecule has 0 saturated carbocycles. The maximum atomic E-state index is 6.02. The van der Waals surface area contributed by atoms with Crippen LogP contribution in [0, 0.1) is 0 Å². The monoisotopic (exact) mass is 288 g/mol. The Hall–Kier alpha value is -1.92. The van der Waals surface area contributed by atoms with Gasteiger partial charge in [0.1, 0.15) is 0 Å². The smallest absolute Gasteiger partial charge is 0.180 e. The minimum absolute atomic E-state index is 0.515. The summed E-state index contributed by atoms with van der Waals surface area (Å²) >= 11 is 6.02. The molecule has 1 N–H and O–H groups in total. The minimum Gasteiger partial charge on any atom is -0.350 e. The van der Waals surface area contributed by atoms with E-state index < -0.39 is 0 Å². The van der Waals surface area contributed by atoms with Crippen LogP contribution in [0.15, 0.2) is 24.7 Å². The van der Waals surface area contributed by atoms with E-state index in [9.17, 15) is 0 Å². The van der Waals surface area contributed by atoms with Crippen LogP contribution in [0.4, 0.5) is 5.82 Å². The topological polar surface area (TPSA) is 58.3 Å². The van der Waals surface area contributed by atoms with Gasteiger partial charge in [-0.05, 0) is 13.1 Å². The minimum atomic E-state index is 0.515. The van der Waals surface area contributed by atoms with Crippen molar-refractivity contribution in [1.29, 1.82) is 0 Å². The molecule has 3 aromatic rings. The number of anilines is 1. The highest BCUT2D eigenvalue weighted by atomic mass is 35.5. The Balaban J connectivity index is 1.91. The van der Waals surface area contributed by atoms with Gasteiger partial charge in [-0.3, -0.25) is 4.40 Å². The molecule has 4 rings (SSSR count). The maximum Gasteiger partial charge on any atom is 0.180 e. The van der Waals surface area contributed by atoms with Gasteiger partial charge in [0.05, 0.1) is 10.5 Å². The maximum absolute atomic E-state index is 6.02. The van der Waals surface area contributed by atoms with Gasteiger partial charge in [-0.25, -0.2) is 15.0 Å². The van der Waals surface area contributed by atoms with E-state index in [4.69, 9.17) is 11.6 Å². The summed E-state index contributed by atoms with van der Waals surface area (Å²) in [6.45, 7) is 1.87. The molecule has 0 aromatic carbocycles. The summed E-state index contributed by atoms with van der Waals surface area (Å²) in [5.41, 5.74) is 2.40. The average Bonchev–Trinajstić information content (AvgIpc) is 2.87. The zero-order chi connectivity index (χ0) is 13.7. The zero-order valence-corrected chi connectivity index (χ0v) is 11.7. The van der Waals surface area contributed by atoms with Crippen LogP contribution in [-0.2, 0) is 0 Å². The SMILES string of the molecule is CNC1CN(c2nc3ncc(Cl)cc3n3ccnc23)C1. The molecular formula is C13H13ClN6. The Bertz CT molecular complexity index is 792. The van der Waals surface area contributed by atoms with Crippen LogP contribution in [0.25, 0.3) is 16.8 Å². The van der Waals surface area contributed by atoms with Gasteiger partial charge in [-0.1, -0.05) is 11.6 Å². The van der Waals surface area contributed by atoms with Crippen molar-refractivity contribution >= 4 is 34.2 Å². The first-order chi connectivity index (χ1) is 9.76. The summed E-state index contributed by atoms with van der Waals surface area (Å²) in [5, 5.41) is 3.86. The van der Waals surface area contributed by atoms with Crippen LogP contribution in [0.3, 0.4) is 0 Å². The van der Waals surface area contributed by atoms with Gasteiger partial charge in [-0.2, -0.15) is 0 Å². The second kappa shape index (κ2) is 4.29. The van der Waals surface area contributed by atoms with E-state index in [2.05, 4.69) is 25.2 Å². The van der Waals surface area contributed by atoms with Gasteiger partial charge in [0.25, 0.3) is 0 Å². The van der Waals surface area contributed by atoms with Crippen molar-refractivity contribution in [3.8, 4) is 0 Å². The average molecular weight is 289 g/mol. The van der Waals surface area contributed by atoms with E-state index >= 15 is 0 Å². The summed E-state index contributed by atoms with van der Waals surface area (Å²) in [6.07, 6.45) is 5.31. The lowest BCUT2D eigenvalue weighted by molar-refractivity contribution is 0.448. The lowest BCUT2D eigenvalue weighted by Gasteiger charge is -2.39. The molecule has 0 bridgehead atoms. The first-order valence-electron chi connectivity index (χ1n) is 6.47. The van der Waals surface area contributed by atoms with Crippen molar-refractivity contribution in [2.24, 2.45) is 0 Å². The molecule has 4 heterocycles. The molecular weight excluding hydrogens is 276 g/mol. The van der Waals surface area contributed by atoms with E-state index in [0.29, 0.717) is 16.7 Å². The van der Waals surface area contributed by atoms with E-state index in [1.807, 2.05) is 23.7 Å². The fourth-order valence-electron chi connectivity index (χ4n) is 2.54. The number of pyridine rings is 1. The highest BCUT2D eigenvalue weighted by Gasteiger charge is 2.28. The molecule has 7 heteroatoms. The highest BCUT2D eigenvalue weighted by molar-refractivity contribution is 6.31. The second-order valence-electron chi connectivity index (χ2n) is 4.94. The number of aromatic nitrogens is 4. The predicted octanol–water partition coefficient (Wildman–Crippen LogP) is 1.34. The number of nitrogens with one attached hydrogen (secondary N) is 1. The molecule has 6 nitrogen and oxygen atoms in total. The Morgan fingerprint density at radius 1 is 1.35 bits per heavy atom. The van der Waals surface area contributed by atoms with E-state index in [1.54, 1.807) is 12.4 Å². The zero-order valence-electron chi connectivity index (χ0n) is 10.9. The third-order valence-corrected chi connectivity index (χ3v) is 3.92. The number of hydrogen-bond acceptors (Lipinski definition) is 5. The van der Waals surface area contributed by atoms with Gasteiger partial charge < -0.3 is 10.2 Å². The predicted molar refractivity (Wildman–Crippen MR) is 78.4 cm³/mol. The molecule has 0 spiro atoms. The molecule has 1 fully saturated rings. The summed E-state index contributed by atoms with van der Waals surface area (Å²) in [5.74, 6) is 0.879. The fraction of sp³-hybridized carbons (Fsp3) is 0.308. The quantitative estimate of drug-likeness (QED) is 0.771. The molecule has 1 saturated heterocycles. The van der Waals surface area contributed by atoms with Crippen molar-refractivity contribution < 1.29 is 0 Å². The Kier molecular flexibility index (Phi) is 2.55. The molecule has 20 heavy (non-hydrogen) atoms. The number of fused-ring (bicyclic) bond motifs is 3. The number of likely N-dealkylation sites (N-methyl/N-ethyl adjacent to an activating group) is 1. The summed E-state index contributed by atoms with van der Waals surface area (Å²) < 4.78 is 1.99. The van der Waals surface area contributed by atoms with Gasteiger partial charge in [0.15, 0.2) is 17.1 Å². The Morgan fingerprint density at radius 3 is 3.00 bits per heavy atom. The molecule has 102 valence electrons. The van der Waals surface area contributed by atoms with Crippen molar-refractivity contribution in [2.45, 2.75) is 6.04 Å². The van der Waals surface area contributed by atoms with Crippen molar-refractivity contribution in [3.63, 3.8) is 0 Å². The number of halogens is 1. The van der Waals surface area contributed by atoms with Crippen molar-refractivity contribution in [1.82, 2.24) is 24.7 Å².